The Bertz CT molecular complexity index is 1400. The van der Waals surface area contributed by atoms with E-state index in [2.05, 4.69) is 4.74 Å². The molecule has 0 saturated carbocycles. The highest BCUT2D eigenvalue weighted by Crippen LogP contribution is 2.41. The molecule has 36 heavy (non-hydrogen) atoms. The molecule has 3 aromatic rings. The van der Waals surface area contributed by atoms with Crippen molar-refractivity contribution >= 4 is 17.6 Å². The Balaban J connectivity index is 2.08. The van der Waals surface area contributed by atoms with E-state index < -0.39 is 64.1 Å². The lowest BCUT2D eigenvalue weighted by Gasteiger charge is -2.18. The zero-order valence-electron chi connectivity index (χ0n) is 18.4. The van der Waals surface area contributed by atoms with Crippen LogP contribution in [0, 0.1) is 0 Å². The summed E-state index contributed by atoms with van der Waals surface area (Å²) in [5.41, 5.74) is -5.19. The Morgan fingerprint density at radius 2 is 1.67 bits per heavy atom. The number of halogens is 6. The quantitative estimate of drug-likeness (QED) is 0.328. The molecule has 0 N–H and O–H groups in total. The maximum absolute atomic E-state index is 13.7. The summed E-state index contributed by atoms with van der Waals surface area (Å²) in [4.78, 5) is 36.2. The molecule has 1 aromatic heterocycles. The fourth-order valence-electron chi connectivity index (χ4n) is 3.03. The van der Waals surface area contributed by atoms with Gasteiger partial charge in [0.15, 0.2) is 6.61 Å². The maximum Gasteiger partial charge on any atom is 0.420 e. The molecule has 0 aliphatic heterocycles. The van der Waals surface area contributed by atoms with Gasteiger partial charge >= 0.3 is 17.8 Å². The molecule has 0 unspecified atom stereocenters. The van der Waals surface area contributed by atoms with Crippen LogP contribution in [0.15, 0.2) is 52.1 Å². The highest BCUT2D eigenvalue weighted by atomic mass is 35.5. The molecule has 0 radical (unpaired) electrons. The van der Waals surface area contributed by atoms with E-state index in [1.807, 2.05) is 0 Å². The number of alkyl halides is 5. The van der Waals surface area contributed by atoms with Crippen molar-refractivity contribution in [3.63, 3.8) is 0 Å². The van der Waals surface area contributed by atoms with Crippen LogP contribution in [-0.4, -0.2) is 28.8 Å². The van der Waals surface area contributed by atoms with Gasteiger partial charge in [0.1, 0.15) is 17.2 Å². The fourth-order valence-corrected chi connectivity index (χ4v) is 3.27. The van der Waals surface area contributed by atoms with Crippen molar-refractivity contribution < 1.29 is 41.0 Å². The lowest BCUT2D eigenvalue weighted by molar-refractivity contribution is -0.143. The van der Waals surface area contributed by atoms with Crippen LogP contribution in [-0.2, 0) is 22.8 Å². The third-order valence-electron chi connectivity index (χ3n) is 4.81. The van der Waals surface area contributed by atoms with Crippen LogP contribution in [0.3, 0.4) is 0 Å². The first kappa shape index (κ1) is 26.7. The van der Waals surface area contributed by atoms with Gasteiger partial charge in [-0.3, -0.25) is 9.36 Å². The molecule has 0 atom stereocenters. The second kappa shape index (κ2) is 10.4. The molecule has 0 aliphatic carbocycles. The largest absolute Gasteiger partial charge is 0.482 e. The molecule has 192 valence electrons. The van der Waals surface area contributed by atoms with Crippen LogP contribution >= 0.6 is 11.6 Å². The van der Waals surface area contributed by atoms with Crippen LogP contribution in [0.4, 0.5) is 22.0 Å². The van der Waals surface area contributed by atoms with Crippen molar-refractivity contribution in [3.05, 3.63) is 79.6 Å². The first-order valence-electron chi connectivity index (χ1n) is 9.83. The first-order valence-corrected chi connectivity index (χ1v) is 10.2. The van der Waals surface area contributed by atoms with Gasteiger partial charge in [-0.1, -0.05) is 11.6 Å². The van der Waals surface area contributed by atoms with E-state index >= 15 is 0 Å². The van der Waals surface area contributed by atoms with Crippen LogP contribution < -0.4 is 20.7 Å². The summed E-state index contributed by atoms with van der Waals surface area (Å²) in [5.74, 6) is -1.39. The van der Waals surface area contributed by atoms with Gasteiger partial charge in [0.05, 0.1) is 29.1 Å². The predicted octanol–water partition coefficient (Wildman–Crippen LogP) is 4.49. The van der Waals surface area contributed by atoms with Crippen molar-refractivity contribution in [2.45, 2.75) is 12.6 Å². The van der Waals surface area contributed by atoms with E-state index in [-0.39, 0.29) is 11.5 Å². The third-order valence-corrected chi connectivity index (χ3v) is 5.11. The number of ether oxygens (including phenoxy) is 3. The minimum absolute atomic E-state index is 0.104. The summed E-state index contributed by atoms with van der Waals surface area (Å²) in [5, 5.41) is -0.648. The van der Waals surface area contributed by atoms with E-state index in [9.17, 15) is 36.3 Å². The number of benzene rings is 2. The van der Waals surface area contributed by atoms with Crippen molar-refractivity contribution in [3.8, 4) is 22.9 Å². The van der Waals surface area contributed by atoms with Gasteiger partial charge in [-0.05, 0) is 30.3 Å². The number of methoxy groups -OCH3 is 1. The minimum atomic E-state index is -4.95. The monoisotopic (exact) mass is 534 g/mol. The second-order valence-corrected chi connectivity index (χ2v) is 7.53. The Hall–Kier alpha value is -3.87. The average molecular weight is 535 g/mol. The van der Waals surface area contributed by atoms with Gasteiger partial charge in [-0.2, -0.15) is 13.2 Å². The molecule has 1 heterocycles. The lowest BCUT2D eigenvalue weighted by Crippen LogP contribution is -2.39. The fraction of sp³-hybridized carbons (Fsp3) is 0.227. The molecule has 0 amide bonds. The van der Waals surface area contributed by atoms with Gasteiger partial charge in [0, 0.05) is 19.2 Å². The van der Waals surface area contributed by atoms with Crippen LogP contribution in [0.5, 0.6) is 17.2 Å². The standard InChI is InChI=1S/C22H16ClF5N2O6/c1-29-16(20(24)25)9-18(31)30(21(29)33)15-8-17(13(7-14(15)23)22(26,27)28)36-12-5-3-11(4-6-12)35-10-19(32)34-2/h3-9,20H,10H2,1-2H3. The van der Waals surface area contributed by atoms with Crippen molar-refractivity contribution in [1.29, 1.82) is 0 Å². The Labute approximate surface area is 204 Å². The van der Waals surface area contributed by atoms with Gasteiger partial charge in [0.2, 0.25) is 0 Å². The summed E-state index contributed by atoms with van der Waals surface area (Å²) < 4.78 is 83.0. The van der Waals surface area contributed by atoms with Crippen LogP contribution in [0.2, 0.25) is 5.02 Å². The normalized spacial score (nSPS) is 11.5. The molecule has 0 bridgehead atoms. The molecule has 0 aliphatic rings. The molecule has 0 fully saturated rings. The number of hydrogen-bond acceptors (Lipinski definition) is 6. The topological polar surface area (TPSA) is 88.8 Å². The highest BCUT2D eigenvalue weighted by molar-refractivity contribution is 6.32. The molecular weight excluding hydrogens is 519 g/mol. The van der Waals surface area contributed by atoms with Gasteiger partial charge in [0.25, 0.3) is 12.0 Å². The van der Waals surface area contributed by atoms with Gasteiger partial charge in [-0.25, -0.2) is 22.9 Å². The molecule has 14 heteroatoms. The van der Waals surface area contributed by atoms with Crippen molar-refractivity contribution in [2.75, 3.05) is 13.7 Å². The Morgan fingerprint density at radius 3 is 2.22 bits per heavy atom. The molecular formula is C22H16ClF5N2O6. The predicted molar refractivity (Wildman–Crippen MR) is 116 cm³/mol. The highest BCUT2D eigenvalue weighted by Gasteiger charge is 2.36. The SMILES string of the molecule is COC(=O)COc1ccc(Oc2cc(-n3c(=O)cc(C(F)F)n(C)c3=O)c(Cl)cc2C(F)(F)F)cc1. The van der Waals surface area contributed by atoms with Gasteiger partial charge < -0.3 is 14.2 Å². The van der Waals surface area contributed by atoms with Crippen molar-refractivity contribution in [2.24, 2.45) is 7.05 Å². The number of aromatic nitrogens is 2. The van der Waals surface area contributed by atoms with Crippen molar-refractivity contribution in [1.82, 2.24) is 9.13 Å². The van der Waals surface area contributed by atoms with E-state index in [1.165, 1.54) is 24.3 Å². The van der Waals surface area contributed by atoms with Crippen LogP contribution in [0.1, 0.15) is 17.7 Å². The molecule has 0 saturated heterocycles. The Morgan fingerprint density at radius 1 is 1.06 bits per heavy atom. The van der Waals surface area contributed by atoms with E-state index in [0.29, 0.717) is 27.3 Å². The molecule has 8 nitrogen and oxygen atoms in total. The molecule has 2 aromatic carbocycles. The molecule has 0 spiro atoms. The van der Waals surface area contributed by atoms with Crippen LogP contribution in [0.25, 0.3) is 5.69 Å². The summed E-state index contributed by atoms with van der Waals surface area (Å²) >= 11 is 5.97. The number of nitrogens with zero attached hydrogens (tertiary/aromatic N) is 2. The minimum Gasteiger partial charge on any atom is -0.482 e. The maximum atomic E-state index is 13.7. The number of esters is 1. The summed E-state index contributed by atoms with van der Waals surface area (Å²) in [6.45, 7) is -0.399. The van der Waals surface area contributed by atoms with E-state index in [0.717, 1.165) is 14.2 Å². The summed E-state index contributed by atoms with van der Waals surface area (Å²) in [7, 11) is 2.14. The average Bonchev–Trinajstić information content (AvgIpc) is 2.81. The number of rotatable bonds is 7. The van der Waals surface area contributed by atoms with E-state index in [1.54, 1.807) is 0 Å². The lowest BCUT2D eigenvalue weighted by atomic mass is 10.1. The smallest absolute Gasteiger partial charge is 0.420 e. The number of carbonyl (C=O) groups is 1. The second-order valence-electron chi connectivity index (χ2n) is 7.12. The summed E-state index contributed by atoms with van der Waals surface area (Å²) in [6.07, 6.45) is -8.09. The molecule has 3 rings (SSSR count). The zero-order chi connectivity index (χ0) is 26.8. The third kappa shape index (κ3) is 5.67. The number of hydrogen-bond donors (Lipinski definition) is 0. The Kier molecular flexibility index (Phi) is 7.72. The van der Waals surface area contributed by atoms with Gasteiger partial charge in [-0.15, -0.1) is 0 Å². The first-order chi connectivity index (χ1) is 16.8. The number of carbonyl (C=O) groups excluding carboxylic acids is 1. The van der Waals surface area contributed by atoms with E-state index in [4.69, 9.17) is 21.1 Å². The summed E-state index contributed by atoms with van der Waals surface area (Å²) in [6, 6.07) is 6.74. The zero-order valence-corrected chi connectivity index (χ0v) is 19.2.